The van der Waals surface area contributed by atoms with Gasteiger partial charge in [-0.05, 0) is 30.2 Å². The highest BCUT2D eigenvalue weighted by Gasteiger charge is 2.33. The Kier molecular flexibility index (Phi) is 5.59. The van der Waals surface area contributed by atoms with Crippen LogP contribution in [0.25, 0.3) is 28.2 Å². The summed E-state index contributed by atoms with van der Waals surface area (Å²) in [7, 11) is 0. The monoisotopic (exact) mass is 498 g/mol. The number of hydrogen-bond acceptors (Lipinski definition) is 7. The molecule has 8 heteroatoms. The van der Waals surface area contributed by atoms with Crippen LogP contribution in [-0.4, -0.2) is 54.0 Å². The van der Waals surface area contributed by atoms with E-state index in [4.69, 9.17) is 4.98 Å². The van der Waals surface area contributed by atoms with Crippen LogP contribution in [0.15, 0.2) is 95.4 Å². The van der Waals surface area contributed by atoms with Gasteiger partial charge in [-0.2, -0.15) is 20.3 Å². The number of aryl methyl sites for hydroxylation is 1. The van der Waals surface area contributed by atoms with Gasteiger partial charge in [0.25, 0.3) is 5.78 Å². The maximum Gasteiger partial charge on any atom is 0.252 e. The number of aromatic nitrogens is 5. The first kappa shape index (κ1) is 22.6. The fraction of sp³-hybridized carbons (Fsp3) is 0.200. The lowest BCUT2D eigenvalue weighted by molar-refractivity contribution is 0.133. The van der Waals surface area contributed by atoms with Crippen molar-refractivity contribution < 1.29 is 0 Å². The quantitative estimate of drug-likeness (QED) is 0.334. The Balaban J connectivity index is 1.04. The van der Waals surface area contributed by atoms with Crippen LogP contribution < -0.4 is 0 Å². The molecule has 0 unspecified atom stereocenters. The molecule has 0 atom stereocenters. The lowest BCUT2D eigenvalue weighted by atomic mass is 9.90. The molecule has 5 aromatic rings. The predicted octanol–water partition coefficient (Wildman–Crippen LogP) is 4.84. The minimum atomic E-state index is 0.468. The first-order valence-electron chi connectivity index (χ1n) is 12.9. The molecular formula is C30H26N8. The minimum absolute atomic E-state index is 0.468. The molecule has 186 valence electrons. The predicted molar refractivity (Wildman–Crippen MR) is 148 cm³/mol. The zero-order valence-electron chi connectivity index (χ0n) is 21.1. The minimum Gasteiger partial charge on any atom is -0.298 e. The van der Waals surface area contributed by atoms with Crippen molar-refractivity contribution in [1.29, 1.82) is 0 Å². The van der Waals surface area contributed by atoms with Crippen molar-refractivity contribution in [3.8, 4) is 22.4 Å². The molecule has 7 rings (SSSR count). The Hall–Kier alpha value is -4.56. The van der Waals surface area contributed by atoms with Crippen LogP contribution in [0.2, 0.25) is 0 Å². The fourth-order valence-electron chi connectivity index (χ4n) is 5.18. The van der Waals surface area contributed by atoms with Crippen LogP contribution in [0, 0.1) is 12.8 Å². The van der Waals surface area contributed by atoms with E-state index >= 15 is 0 Å². The van der Waals surface area contributed by atoms with E-state index in [-0.39, 0.29) is 0 Å². The summed E-state index contributed by atoms with van der Waals surface area (Å²) < 4.78 is 1.76. The van der Waals surface area contributed by atoms with Crippen molar-refractivity contribution in [2.24, 2.45) is 16.1 Å². The van der Waals surface area contributed by atoms with E-state index in [0.717, 1.165) is 59.8 Å². The molecule has 8 nitrogen and oxygen atoms in total. The highest BCUT2D eigenvalue weighted by atomic mass is 15.3. The van der Waals surface area contributed by atoms with Crippen LogP contribution in [0.5, 0.6) is 0 Å². The van der Waals surface area contributed by atoms with Crippen molar-refractivity contribution >= 4 is 17.2 Å². The highest BCUT2D eigenvalue weighted by molar-refractivity contribution is 6.15. The first-order chi connectivity index (χ1) is 18.7. The summed E-state index contributed by atoms with van der Waals surface area (Å²) in [5.41, 5.74) is 8.47. The lowest BCUT2D eigenvalue weighted by Gasteiger charge is -2.39. The second-order valence-corrected chi connectivity index (χ2v) is 9.89. The smallest absolute Gasteiger partial charge is 0.252 e. The van der Waals surface area contributed by atoms with Crippen molar-refractivity contribution in [3.63, 3.8) is 0 Å². The van der Waals surface area contributed by atoms with E-state index in [1.807, 2.05) is 49.5 Å². The molecule has 0 radical (unpaired) electrons. The second-order valence-electron chi connectivity index (χ2n) is 9.89. The van der Waals surface area contributed by atoms with Crippen LogP contribution in [0.3, 0.4) is 0 Å². The van der Waals surface area contributed by atoms with Gasteiger partial charge in [0, 0.05) is 55.5 Å². The van der Waals surface area contributed by atoms with Crippen molar-refractivity contribution in [1.82, 2.24) is 29.5 Å². The molecule has 38 heavy (non-hydrogen) atoms. The normalized spacial score (nSPS) is 15.9. The molecule has 0 aliphatic carbocycles. The summed E-state index contributed by atoms with van der Waals surface area (Å²) >= 11 is 0. The SMILES string of the molecule is Cc1nc2nc(-c3ccc(CN4CC(C5=NN=C(c6ccccn6)C5)C4)cc3)c(-c3ccccc3)cn2n1. The van der Waals surface area contributed by atoms with Gasteiger partial charge in [0.05, 0.1) is 22.8 Å². The van der Waals surface area contributed by atoms with E-state index in [2.05, 4.69) is 66.6 Å². The van der Waals surface area contributed by atoms with Gasteiger partial charge in [-0.25, -0.2) is 9.50 Å². The summed E-state index contributed by atoms with van der Waals surface area (Å²) in [5, 5.41) is 13.3. The number of likely N-dealkylation sites (tertiary alicyclic amines) is 1. The Morgan fingerprint density at radius 3 is 2.45 bits per heavy atom. The standard InChI is InChI=1S/C30H26N8/c1-20-32-30-33-29(25(19-38(30)36-20)22-7-3-2-4-8-22)23-12-10-21(11-13-23)16-37-17-24(18-37)27-15-28(35-34-27)26-9-5-6-14-31-26/h2-14,19,24H,15-18H2,1H3. The molecule has 0 saturated carbocycles. The molecule has 0 N–H and O–H groups in total. The second kappa shape index (κ2) is 9.39. The van der Waals surface area contributed by atoms with Gasteiger partial charge in [0.2, 0.25) is 0 Å². The molecule has 0 amide bonds. The van der Waals surface area contributed by atoms with Gasteiger partial charge < -0.3 is 0 Å². The Morgan fingerprint density at radius 1 is 0.842 bits per heavy atom. The van der Waals surface area contributed by atoms with Crippen LogP contribution in [-0.2, 0) is 6.54 Å². The van der Waals surface area contributed by atoms with Gasteiger partial charge in [-0.15, -0.1) is 0 Å². The molecule has 5 heterocycles. The number of fused-ring (bicyclic) bond motifs is 1. The van der Waals surface area contributed by atoms with E-state index in [1.54, 1.807) is 10.7 Å². The van der Waals surface area contributed by atoms with E-state index in [1.165, 1.54) is 11.3 Å². The third-order valence-corrected chi connectivity index (χ3v) is 7.19. The zero-order chi connectivity index (χ0) is 25.5. The van der Waals surface area contributed by atoms with Gasteiger partial charge in [0.15, 0.2) is 0 Å². The summed E-state index contributed by atoms with van der Waals surface area (Å²) in [6, 6.07) is 25.0. The highest BCUT2D eigenvalue weighted by Crippen LogP contribution is 2.31. The van der Waals surface area contributed by atoms with Gasteiger partial charge in [0.1, 0.15) is 5.82 Å². The maximum atomic E-state index is 4.89. The molecule has 0 bridgehead atoms. The molecule has 2 aliphatic rings. The third kappa shape index (κ3) is 4.29. The largest absolute Gasteiger partial charge is 0.298 e. The van der Waals surface area contributed by atoms with Crippen molar-refractivity contribution in [3.05, 3.63) is 102 Å². The molecule has 1 saturated heterocycles. The number of rotatable bonds is 6. The molecule has 0 spiro atoms. The molecule has 2 aromatic carbocycles. The average Bonchev–Trinajstić information content (AvgIpc) is 3.57. The molecule has 1 fully saturated rings. The topological polar surface area (TPSA) is 83.9 Å². The molecular weight excluding hydrogens is 472 g/mol. The summed E-state index contributed by atoms with van der Waals surface area (Å²) in [4.78, 5) is 16.2. The summed E-state index contributed by atoms with van der Waals surface area (Å²) in [6.07, 6.45) is 4.63. The van der Waals surface area contributed by atoms with Crippen molar-refractivity contribution in [2.45, 2.75) is 19.9 Å². The Bertz CT molecular complexity index is 1660. The third-order valence-electron chi connectivity index (χ3n) is 7.19. The zero-order valence-corrected chi connectivity index (χ0v) is 21.1. The summed E-state index contributed by atoms with van der Waals surface area (Å²) in [5.74, 6) is 1.79. The Morgan fingerprint density at radius 2 is 1.66 bits per heavy atom. The maximum absolute atomic E-state index is 4.89. The number of nitrogens with zero attached hydrogens (tertiary/aromatic N) is 8. The molecule has 3 aromatic heterocycles. The van der Waals surface area contributed by atoms with E-state index in [0.29, 0.717) is 17.5 Å². The summed E-state index contributed by atoms with van der Waals surface area (Å²) in [6.45, 7) is 4.82. The first-order valence-corrected chi connectivity index (χ1v) is 12.9. The number of hydrogen-bond donors (Lipinski definition) is 0. The fourth-order valence-corrected chi connectivity index (χ4v) is 5.18. The lowest BCUT2D eigenvalue weighted by Crippen LogP contribution is -2.49. The van der Waals surface area contributed by atoms with Crippen LogP contribution in [0.1, 0.15) is 23.5 Å². The number of pyridine rings is 1. The molecule has 2 aliphatic heterocycles. The van der Waals surface area contributed by atoms with Crippen LogP contribution >= 0.6 is 0 Å². The van der Waals surface area contributed by atoms with Crippen LogP contribution in [0.4, 0.5) is 0 Å². The van der Waals surface area contributed by atoms with E-state index in [9.17, 15) is 0 Å². The van der Waals surface area contributed by atoms with Gasteiger partial charge >= 0.3 is 0 Å². The van der Waals surface area contributed by atoms with Gasteiger partial charge in [-0.3, -0.25) is 9.88 Å². The van der Waals surface area contributed by atoms with Gasteiger partial charge in [-0.1, -0.05) is 60.7 Å². The average molecular weight is 499 g/mol. The number of benzene rings is 2. The Labute approximate surface area is 220 Å². The van der Waals surface area contributed by atoms with Crippen molar-refractivity contribution in [2.75, 3.05) is 13.1 Å². The van der Waals surface area contributed by atoms with E-state index < -0.39 is 0 Å².